The van der Waals surface area contributed by atoms with Gasteiger partial charge in [-0.05, 0) is 62.4 Å². The second kappa shape index (κ2) is 10.5. The van der Waals surface area contributed by atoms with E-state index in [-0.39, 0.29) is 30.8 Å². The van der Waals surface area contributed by atoms with Gasteiger partial charge in [0, 0.05) is 12.1 Å². The number of ketones is 1. The molecule has 1 N–H and O–H groups in total. The lowest BCUT2D eigenvalue weighted by molar-refractivity contribution is -0.127. The van der Waals surface area contributed by atoms with E-state index in [4.69, 9.17) is 9.47 Å². The second-order valence-corrected chi connectivity index (χ2v) is 8.82. The first-order valence-corrected chi connectivity index (χ1v) is 11.3. The number of para-hydroxylation sites is 1. The first-order chi connectivity index (χ1) is 15.7. The number of carbonyl (C=O) groups is 3. The molecule has 1 atom stereocenters. The average Bonchev–Trinajstić information content (AvgIpc) is 2.77. The number of benzene rings is 2. The number of hydrogen-bond acceptors (Lipinski definition) is 5. The lowest BCUT2D eigenvalue weighted by Gasteiger charge is -2.33. The van der Waals surface area contributed by atoms with E-state index in [0.717, 1.165) is 17.5 Å². The molecule has 0 spiro atoms. The fourth-order valence-electron chi connectivity index (χ4n) is 3.77. The number of Topliss-reactive ketones (excluding diaryl/α,β-unsaturated/α-hetero) is 1. The molecule has 1 heterocycles. The highest BCUT2D eigenvalue weighted by Gasteiger charge is 2.33. The van der Waals surface area contributed by atoms with Crippen molar-refractivity contribution in [3.05, 3.63) is 53.1 Å². The Balaban J connectivity index is 1.77. The van der Waals surface area contributed by atoms with E-state index in [2.05, 4.69) is 19.2 Å². The zero-order valence-electron chi connectivity index (χ0n) is 19.9. The molecule has 0 aromatic heterocycles. The van der Waals surface area contributed by atoms with Crippen molar-refractivity contribution in [3.63, 3.8) is 0 Å². The first-order valence-electron chi connectivity index (χ1n) is 11.3. The van der Waals surface area contributed by atoms with Gasteiger partial charge in [0.05, 0.1) is 5.69 Å². The van der Waals surface area contributed by atoms with Gasteiger partial charge in [-0.15, -0.1) is 0 Å². The standard InChI is InChI=1S/C26H32N2O5/c1-16(2)11-12-27-26(31)19(5)28-21-13-20(9-10-23(21)32-15-24(28)30)22(29)14-33-25-17(3)7-6-8-18(25)4/h6-10,13,16,19H,11-12,14-15H2,1-5H3,(H,27,31). The molecular weight excluding hydrogens is 420 g/mol. The molecule has 2 amide bonds. The van der Waals surface area contributed by atoms with Gasteiger partial charge in [0.15, 0.2) is 19.0 Å². The van der Waals surface area contributed by atoms with Gasteiger partial charge in [-0.2, -0.15) is 0 Å². The molecule has 0 saturated heterocycles. The first kappa shape index (κ1) is 24.3. The van der Waals surface area contributed by atoms with Crippen LogP contribution in [0.4, 0.5) is 5.69 Å². The van der Waals surface area contributed by atoms with Crippen LogP contribution < -0.4 is 19.7 Å². The van der Waals surface area contributed by atoms with Crippen LogP contribution in [0.5, 0.6) is 11.5 Å². The number of aryl methyl sites for hydroxylation is 2. The summed E-state index contributed by atoms with van der Waals surface area (Å²) in [7, 11) is 0. The Hall–Kier alpha value is -3.35. The molecule has 1 unspecified atom stereocenters. The summed E-state index contributed by atoms with van der Waals surface area (Å²) in [5.41, 5.74) is 2.71. The molecule has 176 valence electrons. The molecule has 3 rings (SSSR count). The largest absolute Gasteiger partial charge is 0.485 e. The summed E-state index contributed by atoms with van der Waals surface area (Å²) in [6, 6.07) is 9.97. The SMILES string of the molecule is Cc1cccc(C)c1OCC(=O)c1ccc2c(c1)N(C(C)C(=O)NCCC(C)C)C(=O)CO2. The van der Waals surface area contributed by atoms with Gasteiger partial charge in [0.2, 0.25) is 5.91 Å². The highest BCUT2D eigenvalue weighted by atomic mass is 16.5. The summed E-state index contributed by atoms with van der Waals surface area (Å²) in [6.07, 6.45) is 0.852. The summed E-state index contributed by atoms with van der Waals surface area (Å²) in [4.78, 5) is 39.6. The van der Waals surface area contributed by atoms with Crippen LogP contribution in [-0.4, -0.2) is 43.4 Å². The Morgan fingerprint density at radius 3 is 2.48 bits per heavy atom. The summed E-state index contributed by atoms with van der Waals surface area (Å²) >= 11 is 0. The molecule has 0 radical (unpaired) electrons. The molecule has 0 fully saturated rings. The number of anilines is 1. The average molecular weight is 453 g/mol. The maximum absolute atomic E-state index is 12.9. The summed E-state index contributed by atoms with van der Waals surface area (Å²) in [5.74, 6) is 0.815. The molecule has 1 aliphatic rings. The van der Waals surface area contributed by atoms with Gasteiger partial charge in [0.25, 0.3) is 5.91 Å². The van der Waals surface area contributed by atoms with E-state index in [1.165, 1.54) is 4.90 Å². The maximum Gasteiger partial charge on any atom is 0.265 e. The monoisotopic (exact) mass is 452 g/mol. The van der Waals surface area contributed by atoms with Crippen molar-refractivity contribution in [3.8, 4) is 11.5 Å². The van der Waals surface area contributed by atoms with Crippen LogP contribution in [-0.2, 0) is 9.59 Å². The van der Waals surface area contributed by atoms with Crippen LogP contribution in [0, 0.1) is 19.8 Å². The van der Waals surface area contributed by atoms with E-state index in [9.17, 15) is 14.4 Å². The van der Waals surface area contributed by atoms with Crippen molar-refractivity contribution >= 4 is 23.3 Å². The summed E-state index contributed by atoms with van der Waals surface area (Å²) in [5, 5.41) is 2.89. The molecular formula is C26H32N2O5. The van der Waals surface area contributed by atoms with E-state index in [0.29, 0.717) is 35.2 Å². The molecule has 0 aliphatic carbocycles. The Bertz CT molecular complexity index is 1030. The lowest BCUT2D eigenvalue weighted by atomic mass is 10.1. The van der Waals surface area contributed by atoms with Crippen LogP contribution in [0.1, 0.15) is 48.7 Å². The molecule has 2 aromatic rings. The molecule has 2 aromatic carbocycles. The third-order valence-electron chi connectivity index (χ3n) is 5.70. The van der Waals surface area contributed by atoms with Crippen LogP contribution in [0.15, 0.2) is 36.4 Å². The number of nitrogens with one attached hydrogen (secondary N) is 1. The quantitative estimate of drug-likeness (QED) is 0.585. The van der Waals surface area contributed by atoms with Crippen molar-refractivity contribution < 1.29 is 23.9 Å². The number of amides is 2. The highest BCUT2D eigenvalue weighted by molar-refractivity contribution is 6.05. The lowest BCUT2D eigenvalue weighted by Crippen LogP contribution is -2.51. The molecule has 1 aliphatic heterocycles. The second-order valence-electron chi connectivity index (χ2n) is 8.82. The van der Waals surface area contributed by atoms with Gasteiger partial charge < -0.3 is 14.8 Å². The topological polar surface area (TPSA) is 84.9 Å². The summed E-state index contributed by atoms with van der Waals surface area (Å²) < 4.78 is 11.3. The van der Waals surface area contributed by atoms with E-state index in [1.807, 2.05) is 32.0 Å². The molecule has 7 heteroatoms. The number of rotatable bonds is 9. The minimum absolute atomic E-state index is 0.134. The number of hydrogen-bond donors (Lipinski definition) is 1. The van der Waals surface area contributed by atoms with Gasteiger partial charge in [-0.1, -0.05) is 32.0 Å². The van der Waals surface area contributed by atoms with Crippen LogP contribution in [0.25, 0.3) is 0 Å². The Kier molecular flexibility index (Phi) is 7.74. The van der Waals surface area contributed by atoms with Crippen molar-refractivity contribution in [2.24, 2.45) is 5.92 Å². The van der Waals surface area contributed by atoms with Gasteiger partial charge in [-0.3, -0.25) is 19.3 Å². The number of ether oxygens (including phenoxy) is 2. The van der Waals surface area contributed by atoms with Crippen molar-refractivity contribution in [1.82, 2.24) is 5.32 Å². The zero-order valence-corrected chi connectivity index (χ0v) is 19.9. The molecule has 0 saturated carbocycles. The number of nitrogens with zero attached hydrogens (tertiary/aromatic N) is 1. The predicted octanol–water partition coefficient (Wildman–Crippen LogP) is 3.84. The van der Waals surface area contributed by atoms with Crippen LogP contribution in [0.3, 0.4) is 0 Å². The van der Waals surface area contributed by atoms with Gasteiger partial charge in [-0.25, -0.2) is 0 Å². The highest BCUT2D eigenvalue weighted by Crippen LogP contribution is 2.34. The Morgan fingerprint density at radius 2 is 1.82 bits per heavy atom. The normalized spacial score (nSPS) is 13.9. The predicted molar refractivity (Wildman–Crippen MR) is 127 cm³/mol. The molecule has 7 nitrogen and oxygen atoms in total. The van der Waals surface area contributed by atoms with Crippen molar-refractivity contribution in [1.29, 1.82) is 0 Å². The van der Waals surface area contributed by atoms with E-state index in [1.54, 1.807) is 25.1 Å². The fourth-order valence-corrected chi connectivity index (χ4v) is 3.77. The number of carbonyl (C=O) groups excluding carboxylic acids is 3. The van der Waals surface area contributed by atoms with Gasteiger partial charge in [0.1, 0.15) is 17.5 Å². The summed E-state index contributed by atoms with van der Waals surface area (Å²) in [6.45, 7) is 9.96. The molecule has 33 heavy (non-hydrogen) atoms. The minimum Gasteiger partial charge on any atom is -0.485 e. The minimum atomic E-state index is -0.733. The molecule has 0 bridgehead atoms. The number of fused-ring (bicyclic) bond motifs is 1. The smallest absolute Gasteiger partial charge is 0.265 e. The Labute approximate surface area is 195 Å². The van der Waals surface area contributed by atoms with Gasteiger partial charge >= 0.3 is 0 Å². The maximum atomic E-state index is 12.9. The zero-order chi connectivity index (χ0) is 24.1. The van der Waals surface area contributed by atoms with Crippen molar-refractivity contribution in [2.75, 3.05) is 24.7 Å². The van der Waals surface area contributed by atoms with Crippen LogP contribution >= 0.6 is 0 Å². The van der Waals surface area contributed by atoms with E-state index >= 15 is 0 Å². The van der Waals surface area contributed by atoms with E-state index < -0.39 is 6.04 Å². The third kappa shape index (κ3) is 5.72. The van der Waals surface area contributed by atoms with Crippen molar-refractivity contribution in [2.45, 2.75) is 47.1 Å². The third-order valence-corrected chi connectivity index (χ3v) is 5.70. The van der Waals surface area contributed by atoms with Crippen LogP contribution in [0.2, 0.25) is 0 Å². The fraction of sp³-hybridized carbons (Fsp3) is 0.423. The Morgan fingerprint density at radius 1 is 1.12 bits per heavy atom.